The summed E-state index contributed by atoms with van der Waals surface area (Å²) in [6, 6.07) is 16.1. The number of anilines is 1. The number of carboxylic acid groups (broad SMARTS) is 1. The molecule has 8 nitrogen and oxygen atoms in total. The summed E-state index contributed by atoms with van der Waals surface area (Å²) in [5, 5.41) is 11.1. The topological polar surface area (TPSA) is 88.5 Å². The van der Waals surface area contributed by atoms with Crippen LogP contribution in [0.25, 0.3) is 0 Å². The fourth-order valence-corrected chi connectivity index (χ4v) is 3.86. The molecular formula is C22H24N2O6. The van der Waals surface area contributed by atoms with Crippen LogP contribution in [-0.2, 0) is 24.9 Å². The quantitative estimate of drug-likeness (QED) is 0.754. The van der Waals surface area contributed by atoms with E-state index in [0.717, 1.165) is 5.56 Å². The van der Waals surface area contributed by atoms with Crippen LogP contribution in [0.5, 0.6) is 0 Å². The monoisotopic (exact) mass is 412 g/mol. The second-order valence-electron chi connectivity index (χ2n) is 7.46. The van der Waals surface area contributed by atoms with E-state index in [1.165, 1.54) is 5.23 Å². The van der Waals surface area contributed by atoms with Crippen molar-refractivity contribution < 1.29 is 29.4 Å². The Balaban J connectivity index is 1.42. The van der Waals surface area contributed by atoms with Gasteiger partial charge in [-0.3, -0.25) is 9.59 Å². The van der Waals surface area contributed by atoms with Gasteiger partial charge in [0.2, 0.25) is 6.29 Å². The molecule has 0 radical (unpaired) electrons. The van der Waals surface area contributed by atoms with Gasteiger partial charge in [-0.25, -0.2) is 4.84 Å². The highest BCUT2D eigenvalue weighted by Gasteiger charge is 2.43. The van der Waals surface area contributed by atoms with E-state index in [0.29, 0.717) is 43.6 Å². The van der Waals surface area contributed by atoms with Crippen molar-refractivity contribution in [2.24, 2.45) is 0 Å². The van der Waals surface area contributed by atoms with Gasteiger partial charge in [-0.2, -0.15) is 4.89 Å². The average molecular weight is 412 g/mol. The number of amides is 1. The molecule has 4 rings (SSSR count). The Hall–Kier alpha value is -2.94. The molecule has 2 aliphatic rings. The van der Waals surface area contributed by atoms with Crippen LogP contribution in [0.15, 0.2) is 54.6 Å². The first-order chi connectivity index (χ1) is 14.5. The summed E-state index contributed by atoms with van der Waals surface area (Å²) in [7, 11) is 0. The second kappa shape index (κ2) is 8.43. The van der Waals surface area contributed by atoms with Crippen LogP contribution in [0.2, 0.25) is 0 Å². The number of piperidine rings is 1. The highest BCUT2D eigenvalue weighted by atomic mass is 17.4. The largest absolute Gasteiger partial charge is 0.481 e. The molecule has 2 saturated heterocycles. The van der Waals surface area contributed by atoms with Crippen LogP contribution in [0.4, 0.5) is 5.69 Å². The molecule has 1 unspecified atom stereocenters. The minimum absolute atomic E-state index is 0.125. The maximum atomic E-state index is 12.9. The molecule has 2 fully saturated rings. The minimum Gasteiger partial charge on any atom is -0.481 e. The molecular weight excluding hydrogens is 388 g/mol. The van der Waals surface area contributed by atoms with Gasteiger partial charge in [0.25, 0.3) is 5.91 Å². The first kappa shape index (κ1) is 20.3. The normalized spacial score (nSPS) is 20.9. The predicted molar refractivity (Wildman–Crippen MR) is 107 cm³/mol. The van der Waals surface area contributed by atoms with E-state index < -0.39 is 17.7 Å². The van der Waals surface area contributed by atoms with Crippen molar-refractivity contribution in [3.8, 4) is 0 Å². The van der Waals surface area contributed by atoms with Gasteiger partial charge in [-0.15, -0.1) is 0 Å². The van der Waals surface area contributed by atoms with Crippen LogP contribution in [0.3, 0.4) is 0 Å². The molecule has 30 heavy (non-hydrogen) atoms. The van der Waals surface area contributed by atoms with Crippen LogP contribution in [-0.4, -0.2) is 41.3 Å². The molecule has 1 N–H and O–H groups in total. The van der Waals surface area contributed by atoms with E-state index >= 15 is 0 Å². The summed E-state index contributed by atoms with van der Waals surface area (Å²) in [6.45, 7) is 2.67. The van der Waals surface area contributed by atoms with Crippen molar-refractivity contribution in [3.63, 3.8) is 0 Å². The smallest absolute Gasteiger partial charge is 0.314 e. The number of carbonyl (C=O) groups is 2. The molecule has 0 bridgehead atoms. The zero-order valence-electron chi connectivity index (χ0n) is 16.7. The lowest BCUT2D eigenvalue weighted by Crippen LogP contribution is -2.49. The molecule has 8 heteroatoms. The first-order valence-corrected chi connectivity index (χ1v) is 10.0. The molecule has 0 aromatic heterocycles. The maximum Gasteiger partial charge on any atom is 0.314 e. The van der Waals surface area contributed by atoms with E-state index in [-0.39, 0.29) is 5.91 Å². The zero-order valence-corrected chi connectivity index (χ0v) is 16.7. The average Bonchev–Trinajstić information content (AvgIpc) is 3.29. The van der Waals surface area contributed by atoms with Crippen LogP contribution in [0.1, 0.15) is 42.1 Å². The standard InChI is InChI=1S/C22H24N2O6/c1-2-19-28-24(30-29-19)18-10-8-16(9-11-18)20(25)23-14-12-22(13-15-23,21(26)27)17-6-4-3-5-7-17/h3-11,19H,2,12-15H2,1H3,(H,26,27). The highest BCUT2D eigenvalue weighted by molar-refractivity contribution is 5.95. The Labute approximate surface area is 174 Å². The maximum absolute atomic E-state index is 12.9. The number of rotatable bonds is 5. The van der Waals surface area contributed by atoms with Gasteiger partial charge in [0, 0.05) is 25.1 Å². The summed E-state index contributed by atoms with van der Waals surface area (Å²) in [4.78, 5) is 42.2. The number of benzene rings is 2. The summed E-state index contributed by atoms with van der Waals surface area (Å²) < 4.78 is 0. The Morgan fingerprint density at radius 2 is 1.73 bits per heavy atom. The van der Waals surface area contributed by atoms with Gasteiger partial charge in [0.05, 0.1) is 11.1 Å². The fourth-order valence-electron chi connectivity index (χ4n) is 3.86. The van der Waals surface area contributed by atoms with Crippen molar-refractivity contribution in [2.45, 2.75) is 37.9 Å². The fraction of sp³-hybridized carbons (Fsp3) is 0.364. The SMILES string of the molecule is CCC1OON(c2ccc(C(=O)N3CCC(C(=O)O)(c4ccccc4)CC3)cc2)O1. The predicted octanol–water partition coefficient (Wildman–Crippen LogP) is 3.30. The van der Waals surface area contributed by atoms with Crippen molar-refractivity contribution >= 4 is 17.6 Å². The number of aliphatic carboxylic acids is 1. The van der Waals surface area contributed by atoms with Crippen molar-refractivity contribution in [2.75, 3.05) is 18.3 Å². The molecule has 2 heterocycles. The second-order valence-corrected chi connectivity index (χ2v) is 7.46. The number of likely N-dealkylation sites (tertiary alicyclic amines) is 1. The molecule has 2 aromatic rings. The third-order valence-corrected chi connectivity index (χ3v) is 5.73. The zero-order chi connectivity index (χ0) is 21.1. The third-order valence-electron chi connectivity index (χ3n) is 5.73. The molecule has 1 amide bonds. The Kier molecular flexibility index (Phi) is 5.72. The summed E-state index contributed by atoms with van der Waals surface area (Å²) in [6.07, 6.45) is 0.935. The van der Waals surface area contributed by atoms with Crippen molar-refractivity contribution in [3.05, 3.63) is 65.7 Å². The molecule has 158 valence electrons. The molecule has 0 aliphatic carbocycles. The lowest BCUT2D eigenvalue weighted by atomic mass is 9.73. The number of hydrogen-bond donors (Lipinski definition) is 1. The Morgan fingerprint density at radius 3 is 2.30 bits per heavy atom. The van der Waals surface area contributed by atoms with E-state index in [4.69, 9.17) is 14.7 Å². The Morgan fingerprint density at radius 1 is 1.07 bits per heavy atom. The van der Waals surface area contributed by atoms with E-state index in [2.05, 4.69) is 0 Å². The Bertz CT molecular complexity index is 894. The summed E-state index contributed by atoms with van der Waals surface area (Å²) >= 11 is 0. The van der Waals surface area contributed by atoms with Crippen molar-refractivity contribution in [1.29, 1.82) is 0 Å². The van der Waals surface area contributed by atoms with Gasteiger partial charge in [-0.1, -0.05) is 47.5 Å². The van der Waals surface area contributed by atoms with E-state index in [1.54, 1.807) is 29.2 Å². The highest BCUT2D eigenvalue weighted by Crippen LogP contribution is 2.36. The van der Waals surface area contributed by atoms with Crippen LogP contribution in [0, 0.1) is 0 Å². The molecule has 0 saturated carbocycles. The van der Waals surface area contributed by atoms with E-state index in [9.17, 15) is 14.7 Å². The lowest BCUT2D eigenvalue weighted by Gasteiger charge is -2.39. The van der Waals surface area contributed by atoms with Crippen molar-refractivity contribution in [1.82, 2.24) is 4.90 Å². The van der Waals surface area contributed by atoms with Gasteiger partial charge in [-0.05, 0) is 42.7 Å². The van der Waals surface area contributed by atoms with Gasteiger partial charge >= 0.3 is 5.97 Å². The molecule has 2 aromatic carbocycles. The van der Waals surface area contributed by atoms with Gasteiger partial charge in [0.1, 0.15) is 0 Å². The molecule has 0 spiro atoms. The van der Waals surface area contributed by atoms with E-state index in [1.807, 2.05) is 37.3 Å². The number of carbonyl (C=O) groups excluding carboxylic acids is 1. The number of nitrogens with zero attached hydrogens (tertiary/aromatic N) is 2. The number of hydrogen-bond acceptors (Lipinski definition) is 6. The minimum atomic E-state index is -0.956. The van der Waals surface area contributed by atoms with Gasteiger partial charge in [0.15, 0.2) is 0 Å². The van der Waals surface area contributed by atoms with Crippen LogP contribution >= 0.6 is 0 Å². The summed E-state index contributed by atoms with van der Waals surface area (Å²) in [5.41, 5.74) is 0.957. The lowest BCUT2D eigenvalue weighted by molar-refractivity contribution is -0.284. The third kappa shape index (κ3) is 3.77. The molecule has 1 atom stereocenters. The summed E-state index contributed by atoms with van der Waals surface area (Å²) in [5.74, 6) is -0.970. The van der Waals surface area contributed by atoms with Gasteiger partial charge < -0.3 is 10.0 Å². The first-order valence-electron chi connectivity index (χ1n) is 10.0. The van der Waals surface area contributed by atoms with Crippen LogP contribution < -0.4 is 5.23 Å². The molecule has 2 aliphatic heterocycles. The number of carboxylic acids is 1.